The molecule has 1 aromatic carbocycles. The Morgan fingerprint density at radius 3 is 2.69 bits per heavy atom. The van der Waals surface area contributed by atoms with E-state index in [1.165, 1.54) is 0 Å². The molecule has 0 aliphatic carbocycles. The normalized spacial score (nSPS) is 10.5. The quantitative estimate of drug-likeness (QED) is 0.722. The lowest BCUT2D eigenvalue weighted by Crippen LogP contribution is -2.12. The van der Waals surface area contributed by atoms with Crippen LogP contribution in [-0.4, -0.2) is 24.4 Å². The second-order valence-electron chi connectivity index (χ2n) is 3.08. The molecule has 0 saturated carbocycles. The monoisotopic (exact) mass is 181 g/mol. The second-order valence-corrected chi connectivity index (χ2v) is 3.08. The summed E-state index contributed by atoms with van der Waals surface area (Å²) in [6.45, 7) is 2.46. The number of nitrogens with zero attached hydrogens (tertiary/aromatic N) is 1. The molecule has 72 valence electrons. The Labute approximate surface area is 78.5 Å². The second kappa shape index (κ2) is 4.25. The molecule has 1 rings (SSSR count). The lowest BCUT2D eigenvalue weighted by molar-refractivity contribution is -0.0735. The first-order valence-electron chi connectivity index (χ1n) is 4.17. The molecule has 3 nitrogen and oxygen atoms in total. The Morgan fingerprint density at radius 2 is 2.15 bits per heavy atom. The molecule has 13 heavy (non-hydrogen) atoms. The first kappa shape index (κ1) is 10.0. The van der Waals surface area contributed by atoms with Crippen molar-refractivity contribution in [1.82, 2.24) is 5.06 Å². The van der Waals surface area contributed by atoms with E-state index >= 15 is 0 Å². The molecule has 0 radical (unpaired) electrons. The van der Waals surface area contributed by atoms with Crippen molar-refractivity contribution >= 4 is 0 Å². The van der Waals surface area contributed by atoms with Crippen LogP contribution in [0.25, 0.3) is 0 Å². The standard InChI is InChI=1S/C10H15NO2/c1-8-5-4-6-9(7-11(2)12)10(8)13-3/h4-6,12H,7H2,1-3H3. The van der Waals surface area contributed by atoms with Crippen LogP contribution >= 0.6 is 0 Å². The molecular formula is C10H15NO2. The lowest BCUT2D eigenvalue weighted by atomic mass is 10.1. The summed E-state index contributed by atoms with van der Waals surface area (Å²) in [5.41, 5.74) is 2.08. The van der Waals surface area contributed by atoms with Gasteiger partial charge in [-0.1, -0.05) is 18.2 Å². The average molecular weight is 181 g/mol. The molecule has 0 aliphatic heterocycles. The topological polar surface area (TPSA) is 32.7 Å². The van der Waals surface area contributed by atoms with Crippen LogP contribution in [-0.2, 0) is 6.54 Å². The largest absolute Gasteiger partial charge is 0.496 e. The highest BCUT2D eigenvalue weighted by Gasteiger charge is 2.06. The zero-order chi connectivity index (χ0) is 9.84. The van der Waals surface area contributed by atoms with E-state index in [-0.39, 0.29) is 0 Å². The van der Waals surface area contributed by atoms with Crippen molar-refractivity contribution in [2.45, 2.75) is 13.5 Å². The highest BCUT2D eigenvalue weighted by molar-refractivity contribution is 5.40. The van der Waals surface area contributed by atoms with Gasteiger partial charge in [-0.3, -0.25) is 0 Å². The predicted molar refractivity (Wildman–Crippen MR) is 51.0 cm³/mol. The van der Waals surface area contributed by atoms with Crippen LogP contribution in [0.1, 0.15) is 11.1 Å². The number of benzene rings is 1. The first-order chi connectivity index (χ1) is 6.15. The Morgan fingerprint density at radius 1 is 1.46 bits per heavy atom. The van der Waals surface area contributed by atoms with Gasteiger partial charge in [0.1, 0.15) is 5.75 Å². The van der Waals surface area contributed by atoms with E-state index in [9.17, 15) is 0 Å². The molecule has 0 heterocycles. The third kappa shape index (κ3) is 2.44. The minimum atomic E-state index is 0.477. The van der Waals surface area contributed by atoms with Crippen LogP contribution in [0.2, 0.25) is 0 Å². The Balaban J connectivity index is 2.98. The van der Waals surface area contributed by atoms with Crippen molar-refractivity contribution in [3.8, 4) is 5.75 Å². The lowest BCUT2D eigenvalue weighted by Gasteiger charge is -2.13. The van der Waals surface area contributed by atoms with Crippen molar-refractivity contribution in [3.05, 3.63) is 29.3 Å². The van der Waals surface area contributed by atoms with E-state index in [1.807, 2.05) is 25.1 Å². The van der Waals surface area contributed by atoms with Crippen molar-refractivity contribution in [2.24, 2.45) is 0 Å². The number of aryl methyl sites for hydroxylation is 1. The molecule has 0 unspecified atom stereocenters. The van der Waals surface area contributed by atoms with E-state index in [2.05, 4.69) is 0 Å². The summed E-state index contributed by atoms with van der Waals surface area (Å²) < 4.78 is 5.24. The first-order valence-corrected chi connectivity index (χ1v) is 4.17. The van der Waals surface area contributed by atoms with E-state index in [4.69, 9.17) is 9.94 Å². The minimum absolute atomic E-state index is 0.477. The van der Waals surface area contributed by atoms with Crippen LogP contribution in [0.5, 0.6) is 5.75 Å². The molecule has 0 amide bonds. The number of hydrogen-bond acceptors (Lipinski definition) is 3. The maximum atomic E-state index is 9.09. The van der Waals surface area contributed by atoms with Crippen LogP contribution in [0, 0.1) is 6.92 Å². The molecule has 0 fully saturated rings. The number of rotatable bonds is 3. The summed E-state index contributed by atoms with van der Waals surface area (Å²) in [5.74, 6) is 0.850. The zero-order valence-electron chi connectivity index (χ0n) is 8.24. The van der Waals surface area contributed by atoms with Crippen LogP contribution in [0.3, 0.4) is 0 Å². The summed E-state index contributed by atoms with van der Waals surface area (Å²) >= 11 is 0. The van der Waals surface area contributed by atoms with Gasteiger partial charge in [-0.15, -0.1) is 0 Å². The molecule has 0 saturated heterocycles. The fourth-order valence-electron chi connectivity index (χ4n) is 1.38. The van der Waals surface area contributed by atoms with Crippen molar-refractivity contribution < 1.29 is 9.94 Å². The van der Waals surface area contributed by atoms with E-state index in [0.717, 1.165) is 21.9 Å². The van der Waals surface area contributed by atoms with Crippen molar-refractivity contribution in [1.29, 1.82) is 0 Å². The molecule has 3 heteroatoms. The highest BCUT2D eigenvalue weighted by Crippen LogP contribution is 2.23. The summed E-state index contributed by atoms with van der Waals surface area (Å²) in [5, 5.41) is 10.2. The average Bonchev–Trinajstić information content (AvgIpc) is 2.03. The van der Waals surface area contributed by atoms with Crippen molar-refractivity contribution in [3.63, 3.8) is 0 Å². The van der Waals surface area contributed by atoms with Gasteiger partial charge in [0.15, 0.2) is 0 Å². The van der Waals surface area contributed by atoms with Gasteiger partial charge >= 0.3 is 0 Å². The van der Waals surface area contributed by atoms with Gasteiger partial charge in [0.05, 0.1) is 13.7 Å². The summed E-state index contributed by atoms with van der Waals surface area (Å²) in [6, 6.07) is 5.88. The van der Waals surface area contributed by atoms with Gasteiger partial charge in [0.2, 0.25) is 0 Å². The van der Waals surface area contributed by atoms with Gasteiger partial charge < -0.3 is 9.94 Å². The van der Waals surface area contributed by atoms with E-state index in [0.29, 0.717) is 6.54 Å². The summed E-state index contributed by atoms with van der Waals surface area (Å²) in [6.07, 6.45) is 0. The molecule has 1 aromatic rings. The molecule has 1 N–H and O–H groups in total. The molecule has 0 atom stereocenters. The van der Waals surface area contributed by atoms with Gasteiger partial charge in [0.25, 0.3) is 0 Å². The third-order valence-corrected chi connectivity index (χ3v) is 1.90. The number of hydrogen-bond donors (Lipinski definition) is 1. The van der Waals surface area contributed by atoms with E-state index < -0.39 is 0 Å². The number of ether oxygens (including phenoxy) is 1. The fraction of sp³-hybridized carbons (Fsp3) is 0.400. The van der Waals surface area contributed by atoms with Crippen LogP contribution in [0.4, 0.5) is 0 Å². The Kier molecular flexibility index (Phi) is 3.28. The van der Waals surface area contributed by atoms with E-state index in [1.54, 1.807) is 14.2 Å². The minimum Gasteiger partial charge on any atom is -0.496 e. The summed E-state index contributed by atoms with van der Waals surface area (Å²) in [4.78, 5) is 0. The number of methoxy groups -OCH3 is 1. The number of hydroxylamine groups is 2. The van der Waals surface area contributed by atoms with Gasteiger partial charge in [-0.2, -0.15) is 5.06 Å². The fourth-order valence-corrected chi connectivity index (χ4v) is 1.38. The van der Waals surface area contributed by atoms with Crippen molar-refractivity contribution in [2.75, 3.05) is 14.2 Å². The number of para-hydroxylation sites is 1. The smallest absolute Gasteiger partial charge is 0.126 e. The molecular weight excluding hydrogens is 166 g/mol. The highest BCUT2D eigenvalue weighted by atomic mass is 16.5. The molecule has 0 aromatic heterocycles. The predicted octanol–water partition coefficient (Wildman–Crippen LogP) is 1.82. The van der Waals surface area contributed by atoms with Crippen LogP contribution < -0.4 is 4.74 Å². The Bertz CT molecular complexity index is 284. The van der Waals surface area contributed by atoms with Gasteiger partial charge in [0, 0.05) is 12.6 Å². The van der Waals surface area contributed by atoms with Gasteiger partial charge in [-0.05, 0) is 12.5 Å². The third-order valence-electron chi connectivity index (χ3n) is 1.90. The Hall–Kier alpha value is -1.06. The summed E-state index contributed by atoms with van der Waals surface area (Å²) in [7, 11) is 3.25. The van der Waals surface area contributed by atoms with Gasteiger partial charge in [-0.25, -0.2) is 0 Å². The maximum absolute atomic E-state index is 9.09. The molecule has 0 aliphatic rings. The maximum Gasteiger partial charge on any atom is 0.126 e. The SMILES string of the molecule is COc1c(C)cccc1CN(C)O. The zero-order valence-corrected chi connectivity index (χ0v) is 8.24. The van der Waals surface area contributed by atoms with Crippen LogP contribution in [0.15, 0.2) is 18.2 Å². The molecule has 0 bridgehead atoms. The molecule has 0 spiro atoms.